The van der Waals surface area contributed by atoms with Crippen molar-refractivity contribution in [1.82, 2.24) is 15.0 Å². The molecule has 4 aromatic rings. The molecule has 0 radical (unpaired) electrons. The van der Waals surface area contributed by atoms with Crippen molar-refractivity contribution in [3.8, 4) is 11.1 Å². The highest BCUT2D eigenvalue weighted by molar-refractivity contribution is 7.93. The van der Waals surface area contributed by atoms with Crippen LogP contribution in [0.5, 0.6) is 0 Å². The standard InChI is InChI=1S/C22H20F2N4O3S/c1-12(2)32(30,31)28-18-6-5-17(23)19(20(18)24)21(29)16-11-27-22-15(16)8-14(10-26-22)13-4-3-7-25-9-13/h3-12,21,28-29H,1-2H3,(H,26,27)/t21-/m1/s1. The third-order valence-electron chi connectivity index (χ3n) is 5.13. The van der Waals surface area contributed by atoms with Gasteiger partial charge in [0.15, 0.2) is 5.82 Å². The van der Waals surface area contributed by atoms with Crippen LogP contribution in [0.25, 0.3) is 22.2 Å². The first-order chi connectivity index (χ1) is 15.2. The lowest BCUT2D eigenvalue weighted by atomic mass is 9.98. The number of hydrogen-bond acceptors (Lipinski definition) is 5. The van der Waals surface area contributed by atoms with Gasteiger partial charge in [0.2, 0.25) is 10.0 Å². The van der Waals surface area contributed by atoms with E-state index in [2.05, 4.69) is 19.7 Å². The number of H-pyrrole nitrogens is 1. The van der Waals surface area contributed by atoms with Crippen LogP contribution in [-0.2, 0) is 10.0 Å². The molecule has 0 saturated carbocycles. The lowest BCUT2D eigenvalue weighted by Gasteiger charge is -2.17. The maximum Gasteiger partial charge on any atom is 0.235 e. The van der Waals surface area contributed by atoms with Crippen LogP contribution >= 0.6 is 0 Å². The van der Waals surface area contributed by atoms with Crippen molar-refractivity contribution in [2.24, 2.45) is 0 Å². The van der Waals surface area contributed by atoms with Crippen molar-refractivity contribution in [3.63, 3.8) is 0 Å². The van der Waals surface area contributed by atoms with E-state index in [-0.39, 0.29) is 5.56 Å². The topological polar surface area (TPSA) is 108 Å². The molecule has 0 aliphatic rings. The minimum Gasteiger partial charge on any atom is -0.383 e. The molecule has 0 amide bonds. The third kappa shape index (κ3) is 3.94. The molecule has 0 bridgehead atoms. The van der Waals surface area contributed by atoms with E-state index in [1.54, 1.807) is 30.7 Å². The zero-order valence-electron chi connectivity index (χ0n) is 17.2. The van der Waals surface area contributed by atoms with Gasteiger partial charge in [0.25, 0.3) is 0 Å². The van der Waals surface area contributed by atoms with E-state index in [0.717, 1.165) is 17.7 Å². The number of rotatable bonds is 6. The summed E-state index contributed by atoms with van der Waals surface area (Å²) in [5.41, 5.74) is 0.998. The number of benzene rings is 1. The number of aromatic nitrogens is 3. The van der Waals surface area contributed by atoms with Gasteiger partial charge in [0.05, 0.1) is 16.5 Å². The first kappa shape index (κ1) is 21.8. The van der Waals surface area contributed by atoms with Crippen molar-refractivity contribution in [2.75, 3.05) is 4.72 Å². The van der Waals surface area contributed by atoms with Gasteiger partial charge in [-0.15, -0.1) is 0 Å². The Morgan fingerprint density at radius 3 is 2.59 bits per heavy atom. The summed E-state index contributed by atoms with van der Waals surface area (Å²) in [6.07, 6.45) is 4.61. The summed E-state index contributed by atoms with van der Waals surface area (Å²) < 4.78 is 56.1. The Hall–Kier alpha value is -3.37. The van der Waals surface area contributed by atoms with Crippen LogP contribution in [0.3, 0.4) is 0 Å². The molecule has 0 saturated heterocycles. The van der Waals surface area contributed by atoms with Gasteiger partial charge < -0.3 is 10.1 Å². The summed E-state index contributed by atoms with van der Waals surface area (Å²) in [6, 6.07) is 7.23. The number of pyridine rings is 2. The van der Waals surface area contributed by atoms with Crippen LogP contribution in [0.15, 0.2) is 55.1 Å². The number of anilines is 1. The summed E-state index contributed by atoms with van der Waals surface area (Å²) in [5, 5.41) is 10.6. The van der Waals surface area contributed by atoms with E-state index in [0.29, 0.717) is 16.6 Å². The van der Waals surface area contributed by atoms with Gasteiger partial charge in [-0.1, -0.05) is 6.07 Å². The Bertz CT molecular complexity index is 1390. The van der Waals surface area contributed by atoms with Gasteiger partial charge in [-0.25, -0.2) is 22.2 Å². The molecule has 4 rings (SSSR count). The van der Waals surface area contributed by atoms with Crippen LogP contribution in [0.1, 0.15) is 31.1 Å². The second kappa shape index (κ2) is 8.29. The zero-order chi connectivity index (χ0) is 23.0. The summed E-state index contributed by atoms with van der Waals surface area (Å²) in [5.74, 6) is -2.19. The fourth-order valence-electron chi connectivity index (χ4n) is 3.27. The molecular formula is C22H20F2N4O3S. The summed E-state index contributed by atoms with van der Waals surface area (Å²) in [7, 11) is -3.87. The van der Waals surface area contributed by atoms with E-state index in [1.807, 2.05) is 6.07 Å². The van der Waals surface area contributed by atoms with Crippen LogP contribution in [0.4, 0.5) is 14.5 Å². The first-order valence-electron chi connectivity index (χ1n) is 9.74. The lowest BCUT2D eigenvalue weighted by molar-refractivity contribution is 0.211. The van der Waals surface area contributed by atoms with Crippen LogP contribution < -0.4 is 4.72 Å². The van der Waals surface area contributed by atoms with Gasteiger partial charge in [0, 0.05) is 46.9 Å². The fraction of sp³-hybridized carbons (Fsp3) is 0.182. The average Bonchev–Trinajstić information content (AvgIpc) is 3.19. The second-order valence-electron chi connectivity index (χ2n) is 7.53. The van der Waals surface area contributed by atoms with Crippen molar-refractivity contribution in [2.45, 2.75) is 25.2 Å². The third-order valence-corrected chi connectivity index (χ3v) is 6.87. The molecule has 3 heterocycles. The summed E-state index contributed by atoms with van der Waals surface area (Å²) in [6.45, 7) is 2.86. The number of aromatic amines is 1. The Morgan fingerprint density at radius 1 is 1.12 bits per heavy atom. The van der Waals surface area contributed by atoms with Crippen molar-refractivity contribution in [3.05, 3.63) is 77.9 Å². The molecule has 32 heavy (non-hydrogen) atoms. The quantitative estimate of drug-likeness (QED) is 0.403. The Kier molecular flexibility index (Phi) is 5.66. The van der Waals surface area contributed by atoms with Crippen LogP contribution in [0, 0.1) is 11.6 Å². The first-order valence-corrected chi connectivity index (χ1v) is 11.3. The maximum absolute atomic E-state index is 15.2. The van der Waals surface area contributed by atoms with Gasteiger partial charge in [-0.3, -0.25) is 9.71 Å². The van der Waals surface area contributed by atoms with Crippen molar-refractivity contribution >= 4 is 26.7 Å². The largest absolute Gasteiger partial charge is 0.383 e. The molecular weight excluding hydrogens is 438 g/mol. The van der Waals surface area contributed by atoms with Gasteiger partial charge in [0.1, 0.15) is 17.6 Å². The smallest absolute Gasteiger partial charge is 0.235 e. The number of nitrogens with zero attached hydrogens (tertiary/aromatic N) is 2. The predicted molar refractivity (Wildman–Crippen MR) is 117 cm³/mol. The van der Waals surface area contributed by atoms with Gasteiger partial charge in [-0.05, 0) is 38.1 Å². The Labute approximate surface area is 183 Å². The summed E-state index contributed by atoms with van der Waals surface area (Å²) >= 11 is 0. The molecule has 3 N–H and O–H groups in total. The minimum atomic E-state index is -3.87. The molecule has 10 heteroatoms. The highest BCUT2D eigenvalue weighted by Gasteiger charge is 2.27. The van der Waals surface area contributed by atoms with Crippen LogP contribution in [-0.4, -0.2) is 33.7 Å². The van der Waals surface area contributed by atoms with Crippen molar-refractivity contribution < 1.29 is 22.3 Å². The zero-order valence-corrected chi connectivity index (χ0v) is 18.0. The number of hydrogen-bond donors (Lipinski definition) is 3. The van der Waals surface area contributed by atoms with E-state index in [4.69, 9.17) is 0 Å². The monoisotopic (exact) mass is 458 g/mol. The van der Waals surface area contributed by atoms with E-state index >= 15 is 4.39 Å². The molecule has 0 spiro atoms. The fourth-order valence-corrected chi connectivity index (χ4v) is 3.97. The normalized spacial score (nSPS) is 12.9. The molecule has 7 nitrogen and oxygen atoms in total. The number of nitrogens with one attached hydrogen (secondary N) is 2. The minimum absolute atomic E-state index is 0.194. The Balaban J connectivity index is 1.79. The van der Waals surface area contributed by atoms with Crippen LogP contribution in [0.2, 0.25) is 0 Å². The van der Waals surface area contributed by atoms with E-state index in [9.17, 15) is 17.9 Å². The molecule has 1 atom stereocenters. The lowest BCUT2D eigenvalue weighted by Crippen LogP contribution is -2.23. The maximum atomic E-state index is 15.2. The number of sulfonamides is 1. The van der Waals surface area contributed by atoms with E-state index < -0.39 is 44.3 Å². The molecule has 0 aliphatic carbocycles. The summed E-state index contributed by atoms with van der Waals surface area (Å²) in [4.78, 5) is 11.3. The molecule has 166 valence electrons. The van der Waals surface area contributed by atoms with E-state index in [1.165, 1.54) is 20.0 Å². The number of aliphatic hydroxyl groups is 1. The average molecular weight is 458 g/mol. The molecule has 0 fully saturated rings. The molecule has 3 aromatic heterocycles. The number of halogens is 2. The predicted octanol–water partition coefficient (Wildman–Crippen LogP) is 4.13. The SMILES string of the molecule is CC(C)S(=O)(=O)Nc1ccc(F)c([C@H](O)c2c[nH]c3ncc(-c4cccnc4)cc23)c1F. The second-order valence-corrected chi connectivity index (χ2v) is 9.76. The Morgan fingerprint density at radius 2 is 1.91 bits per heavy atom. The molecule has 1 aromatic carbocycles. The van der Waals surface area contributed by atoms with Gasteiger partial charge >= 0.3 is 0 Å². The highest BCUT2D eigenvalue weighted by Crippen LogP contribution is 2.35. The van der Waals surface area contributed by atoms with Crippen molar-refractivity contribution in [1.29, 1.82) is 0 Å². The number of fused-ring (bicyclic) bond motifs is 1. The molecule has 0 aliphatic heterocycles. The number of aliphatic hydroxyl groups excluding tert-OH is 1. The highest BCUT2D eigenvalue weighted by atomic mass is 32.2. The molecule has 0 unspecified atom stereocenters. The van der Waals surface area contributed by atoms with Gasteiger partial charge in [-0.2, -0.15) is 0 Å².